The van der Waals surface area contributed by atoms with Gasteiger partial charge in [0, 0.05) is 23.2 Å². The number of fused-ring (bicyclic) bond motifs is 1. The van der Waals surface area contributed by atoms with Gasteiger partial charge in [-0.25, -0.2) is 4.98 Å². The molecule has 4 aromatic carbocycles. The zero-order valence-electron chi connectivity index (χ0n) is 25.5. The predicted molar refractivity (Wildman–Crippen MR) is 182 cm³/mol. The number of Topliss-reactive ketones (excluding diaryl/α,β-unsaturated/α-hetero) is 1. The highest BCUT2D eigenvalue weighted by atomic mass is 32.2. The molecule has 0 fully saturated rings. The van der Waals surface area contributed by atoms with Crippen molar-refractivity contribution in [3.05, 3.63) is 119 Å². The largest absolute Gasteiger partial charge is 0.326 e. The minimum atomic E-state index is -4.10. The molecule has 5 rings (SSSR count). The summed E-state index contributed by atoms with van der Waals surface area (Å²) in [5.41, 5.74) is 6.01. The lowest BCUT2D eigenvalue weighted by Gasteiger charge is -2.22. The molecule has 1 atom stereocenters. The number of carbonyl (C=O) groups excluding carboxylic acids is 2. The number of aromatic nitrogens is 1. The molecule has 45 heavy (non-hydrogen) atoms. The number of rotatable bonds is 11. The number of nitrogens with zero attached hydrogens (tertiary/aromatic N) is 1. The van der Waals surface area contributed by atoms with Crippen LogP contribution in [-0.2, 0) is 26.7 Å². The Morgan fingerprint density at radius 2 is 1.56 bits per heavy atom. The van der Waals surface area contributed by atoms with Gasteiger partial charge in [0.05, 0.1) is 21.9 Å². The van der Waals surface area contributed by atoms with Crippen molar-refractivity contribution in [1.29, 1.82) is 0 Å². The van der Waals surface area contributed by atoms with Gasteiger partial charge in [-0.2, -0.15) is 8.42 Å². The van der Waals surface area contributed by atoms with Crippen LogP contribution in [0.15, 0.2) is 97.1 Å². The third kappa shape index (κ3) is 8.51. The first-order valence-corrected chi connectivity index (χ1v) is 17.2. The first kappa shape index (κ1) is 32.2. The number of hydrogen-bond acceptors (Lipinski definition) is 6. The fraction of sp³-hybridized carbons (Fsp3) is 0.250. The molecule has 0 aliphatic heterocycles. The van der Waals surface area contributed by atoms with E-state index in [2.05, 4.69) is 44.3 Å². The molecule has 0 aliphatic rings. The Morgan fingerprint density at radius 3 is 2.18 bits per heavy atom. The van der Waals surface area contributed by atoms with Crippen molar-refractivity contribution in [3.63, 3.8) is 0 Å². The zero-order chi connectivity index (χ0) is 32.2. The van der Waals surface area contributed by atoms with Crippen LogP contribution in [0.5, 0.6) is 0 Å². The van der Waals surface area contributed by atoms with E-state index >= 15 is 0 Å². The maximum atomic E-state index is 13.8. The van der Waals surface area contributed by atoms with Crippen molar-refractivity contribution < 1.29 is 22.6 Å². The van der Waals surface area contributed by atoms with Crippen molar-refractivity contribution in [2.45, 2.75) is 51.4 Å². The minimum Gasteiger partial charge on any atom is -0.326 e. The molecule has 1 heterocycles. The molecule has 0 bridgehead atoms. The van der Waals surface area contributed by atoms with Gasteiger partial charge < -0.3 is 5.32 Å². The van der Waals surface area contributed by atoms with E-state index in [9.17, 15) is 18.0 Å². The van der Waals surface area contributed by atoms with Gasteiger partial charge in [0.25, 0.3) is 10.1 Å². The Hall–Kier alpha value is -4.18. The summed E-state index contributed by atoms with van der Waals surface area (Å²) < 4.78 is 32.0. The third-order valence-electron chi connectivity index (χ3n) is 7.71. The average Bonchev–Trinajstić information content (AvgIpc) is 3.44. The topological polar surface area (TPSA) is 113 Å². The van der Waals surface area contributed by atoms with E-state index in [1.807, 2.05) is 66.7 Å². The number of nitrogens with one attached hydrogen (secondary N) is 1. The van der Waals surface area contributed by atoms with Crippen molar-refractivity contribution in [2.75, 3.05) is 11.1 Å². The van der Waals surface area contributed by atoms with Crippen molar-refractivity contribution in [2.24, 2.45) is 0 Å². The van der Waals surface area contributed by atoms with E-state index in [4.69, 9.17) is 9.54 Å². The van der Waals surface area contributed by atoms with Crippen molar-refractivity contribution >= 4 is 49.0 Å². The van der Waals surface area contributed by atoms with E-state index in [-0.39, 0.29) is 29.9 Å². The highest BCUT2D eigenvalue weighted by molar-refractivity contribution is 7.85. The number of thiazole rings is 1. The van der Waals surface area contributed by atoms with Crippen LogP contribution in [0.3, 0.4) is 0 Å². The molecule has 0 aliphatic carbocycles. The maximum Gasteiger partial charge on any atom is 0.264 e. The van der Waals surface area contributed by atoms with Crippen LogP contribution < -0.4 is 5.32 Å². The highest BCUT2D eigenvalue weighted by Gasteiger charge is 2.23. The number of ketones is 1. The molecule has 5 aromatic rings. The molecule has 1 unspecified atom stereocenters. The van der Waals surface area contributed by atoms with E-state index in [1.165, 1.54) is 5.56 Å². The van der Waals surface area contributed by atoms with Crippen LogP contribution in [0.1, 0.15) is 66.6 Å². The van der Waals surface area contributed by atoms with E-state index in [0.717, 1.165) is 31.9 Å². The van der Waals surface area contributed by atoms with Crippen LogP contribution in [-0.4, -0.2) is 35.4 Å². The fourth-order valence-corrected chi connectivity index (χ4v) is 6.60. The summed E-state index contributed by atoms with van der Waals surface area (Å²) in [6.45, 7) is 6.45. The molecule has 0 saturated heterocycles. The van der Waals surface area contributed by atoms with Gasteiger partial charge in [0.15, 0.2) is 5.78 Å². The van der Waals surface area contributed by atoms with Gasteiger partial charge in [0.2, 0.25) is 5.91 Å². The second-order valence-corrected chi connectivity index (χ2v) is 14.8. The van der Waals surface area contributed by atoms with Crippen LogP contribution in [0.4, 0.5) is 5.69 Å². The molecule has 2 N–H and O–H groups in total. The zero-order valence-corrected chi connectivity index (χ0v) is 27.1. The predicted octanol–water partition coefficient (Wildman–Crippen LogP) is 8.08. The van der Waals surface area contributed by atoms with Crippen LogP contribution in [0.2, 0.25) is 0 Å². The number of carbonyl (C=O) groups is 2. The normalized spacial score (nSPS) is 12.6. The van der Waals surface area contributed by atoms with Crippen LogP contribution in [0, 0.1) is 0 Å². The van der Waals surface area contributed by atoms with Crippen LogP contribution in [0.25, 0.3) is 20.8 Å². The first-order valence-electron chi connectivity index (χ1n) is 14.8. The second kappa shape index (κ2) is 13.4. The Bertz CT molecular complexity index is 1870. The Kier molecular flexibility index (Phi) is 9.62. The number of benzene rings is 4. The lowest BCUT2D eigenvalue weighted by atomic mass is 9.84. The smallest absolute Gasteiger partial charge is 0.264 e. The minimum absolute atomic E-state index is 0.0159. The van der Waals surface area contributed by atoms with Crippen LogP contribution >= 0.6 is 11.3 Å². The van der Waals surface area contributed by atoms with Gasteiger partial charge in [-0.3, -0.25) is 14.1 Å². The summed E-state index contributed by atoms with van der Waals surface area (Å²) in [5, 5.41) is 4.02. The molecule has 0 spiro atoms. The lowest BCUT2D eigenvalue weighted by molar-refractivity contribution is -0.117. The van der Waals surface area contributed by atoms with Gasteiger partial charge >= 0.3 is 0 Å². The molecule has 9 heteroatoms. The molecular formula is C36H36N2O5S2. The molecule has 7 nitrogen and oxygen atoms in total. The van der Waals surface area contributed by atoms with E-state index in [0.29, 0.717) is 17.7 Å². The SMILES string of the molecule is CC(C)(C)c1ccc(C(Cc2ccc(C(=O)CCCS(=O)(=O)O)cc2)C(=O)Nc2ccc(-c3nc4ccccc4s3)cc2)cc1. The summed E-state index contributed by atoms with van der Waals surface area (Å²) >= 11 is 1.63. The Labute approximate surface area is 268 Å². The van der Waals surface area contributed by atoms with Gasteiger partial charge in [0.1, 0.15) is 5.01 Å². The lowest BCUT2D eigenvalue weighted by Crippen LogP contribution is -2.23. The summed E-state index contributed by atoms with van der Waals surface area (Å²) in [4.78, 5) is 31.1. The Morgan fingerprint density at radius 1 is 0.889 bits per heavy atom. The highest BCUT2D eigenvalue weighted by Crippen LogP contribution is 2.32. The number of amides is 1. The van der Waals surface area contributed by atoms with Gasteiger partial charge in [-0.05, 0) is 71.3 Å². The summed E-state index contributed by atoms with van der Waals surface area (Å²) in [6, 6.07) is 30.9. The standard InChI is InChI=1S/C36H36N2O5S2/c1-36(2,3)28-18-14-25(15-19-28)30(23-24-10-12-26(13-11-24)32(39)8-6-22-45(41,42)43)34(40)37-29-20-16-27(17-21-29)35-38-31-7-4-5-9-33(31)44-35/h4-5,7,9-21,30H,6,8,22-23H2,1-3H3,(H,37,40)(H,41,42,43). The first-order chi connectivity index (χ1) is 21.4. The molecule has 0 saturated carbocycles. The molecule has 0 radical (unpaired) electrons. The summed E-state index contributed by atoms with van der Waals surface area (Å²) in [7, 11) is -4.10. The van der Waals surface area contributed by atoms with E-state index < -0.39 is 21.8 Å². The monoisotopic (exact) mass is 640 g/mol. The van der Waals surface area contributed by atoms with Crippen molar-refractivity contribution in [3.8, 4) is 10.6 Å². The number of hydrogen-bond donors (Lipinski definition) is 2. The van der Waals surface area contributed by atoms with E-state index in [1.54, 1.807) is 23.5 Å². The third-order valence-corrected chi connectivity index (χ3v) is 9.60. The maximum absolute atomic E-state index is 13.8. The second-order valence-electron chi connectivity index (χ2n) is 12.2. The molecular weight excluding hydrogens is 605 g/mol. The van der Waals surface area contributed by atoms with Gasteiger partial charge in [-0.1, -0.05) is 81.4 Å². The molecule has 1 aromatic heterocycles. The van der Waals surface area contributed by atoms with Crippen molar-refractivity contribution in [1.82, 2.24) is 4.98 Å². The molecule has 1 amide bonds. The van der Waals surface area contributed by atoms with Gasteiger partial charge in [-0.15, -0.1) is 11.3 Å². The fourth-order valence-electron chi connectivity index (χ4n) is 5.12. The summed E-state index contributed by atoms with van der Waals surface area (Å²) in [6.07, 6.45) is 0.484. The molecule has 232 valence electrons. The number of para-hydroxylation sites is 1. The average molecular weight is 641 g/mol. The quantitative estimate of drug-likeness (QED) is 0.111. The number of anilines is 1. The Balaban J connectivity index is 1.33. The summed E-state index contributed by atoms with van der Waals surface area (Å²) in [5.74, 6) is -1.28.